The summed E-state index contributed by atoms with van der Waals surface area (Å²) in [6.07, 6.45) is 4.26. The average Bonchev–Trinajstić information content (AvgIpc) is 2.72. The second kappa shape index (κ2) is 3.07. The van der Waals surface area contributed by atoms with Gasteiger partial charge in [-0.1, -0.05) is 0 Å². The van der Waals surface area contributed by atoms with Crippen LogP contribution in [0.2, 0.25) is 0 Å². The molecule has 74 valence electrons. The first-order chi connectivity index (χ1) is 6.36. The summed E-state index contributed by atoms with van der Waals surface area (Å²) < 4.78 is 0. The molecule has 3 aliphatic rings. The lowest BCUT2D eigenvalue weighted by molar-refractivity contribution is 0.181. The molecule has 3 fully saturated rings. The molecule has 3 saturated heterocycles. The predicted molar refractivity (Wildman–Crippen MR) is 61.7 cm³/mol. The summed E-state index contributed by atoms with van der Waals surface area (Å²) >= 11 is 6.73. The van der Waals surface area contributed by atoms with E-state index in [1.54, 1.807) is 0 Å². The van der Waals surface area contributed by atoms with Crippen LogP contribution in [0.15, 0.2) is 0 Å². The van der Waals surface area contributed by atoms with Gasteiger partial charge in [-0.15, -0.1) is 0 Å². The van der Waals surface area contributed by atoms with Crippen molar-refractivity contribution in [1.29, 1.82) is 0 Å². The second-order valence-electron chi connectivity index (χ2n) is 4.75. The summed E-state index contributed by atoms with van der Waals surface area (Å²) in [5.41, 5.74) is 0.527. The molecular formula is C10H17NS2. The summed E-state index contributed by atoms with van der Waals surface area (Å²) in [5.74, 6) is 4.89. The fourth-order valence-corrected chi connectivity index (χ4v) is 5.49. The highest BCUT2D eigenvalue weighted by atomic mass is 32.2. The van der Waals surface area contributed by atoms with E-state index in [9.17, 15) is 0 Å². The molecule has 3 atom stereocenters. The Balaban J connectivity index is 1.89. The monoisotopic (exact) mass is 215 g/mol. The summed E-state index contributed by atoms with van der Waals surface area (Å²) in [5, 5.41) is 0. The van der Waals surface area contributed by atoms with Crippen molar-refractivity contribution in [3.8, 4) is 0 Å². The lowest BCUT2D eigenvalue weighted by Crippen LogP contribution is -2.44. The first-order valence-corrected chi connectivity index (χ1v) is 7.10. The van der Waals surface area contributed by atoms with Crippen molar-refractivity contribution < 1.29 is 0 Å². The van der Waals surface area contributed by atoms with Crippen molar-refractivity contribution in [1.82, 2.24) is 4.90 Å². The van der Waals surface area contributed by atoms with E-state index in [2.05, 4.69) is 29.3 Å². The Morgan fingerprint density at radius 2 is 2.38 bits per heavy atom. The SMILES string of the molecule is SC[C@@]12CCCN1[C@H]1CSC[C@H]1C2. The first-order valence-electron chi connectivity index (χ1n) is 5.31. The number of thiol groups is 1. The fourth-order valence-electron chi connectivity index (χ4n) is 3.55. The van der Waals surface area contributed by atoms with Crippen molar-refractivity contribution in [2.75, 3.05) is 23.8 Å². The number of rotatable bonds is 1. The minimum Gasteiger partial charge on any atom is -0.293 e. The molecule has 0 aliphatic carbocycles. The zero-order valence-electron chi connectivity index (χ0n) is 7.91. The standard InChI is InChI=1S/C10H17NS2/c12-7-10-2-1-3-11(10)9-6-13-5-8(9)4-10/h8-9,12H,1-7H2/t8-,9+,10+/m1/s1. The third kappa shape index (κ3) is 1.13. The lowest BCUT2D eigenvalue weighted by atomic mass is 9.91. The molecule has 0 aromatic heterocycles. The van der Waals surface area contributed by atoms with Crippen molar-refractivity contribution in [2.24, 2.45) is 5.92 Å². The highest BCUT2D eigenvalue weighted by molar-refractivity contribution is 7.99. The quantitative estimate of drug-likeness (QED) is 0.665. The molecule has 3 aliphatic heterocycles. The topological polar surface area (TPSA) is 3.24 Å². The Hall–Kier alpha value is 0.660. The van der Waals surface area contributed by atoms with Gasteiger partial charge in [0.15, 0.2) is 0 Å². The average molecular weight is 215 g/mol. The van der Waals surface area contributed by atoms with Crippen molar-refractivity contribution >= 4 is 24.4 Å². The van der Waals surface area contributed by atoms with Gasteiger partial charge in [0.2, 0.25) is 0 Å². The molecule has 0 amide bonds. The van der Waals surface area contributed by atoms with Crippen LogP contribution in [0.1, 0.15) is 19.3 Å². The molecule has 13 heavy (non-hydrogen) atoms. The minimum atomic E-state index is 0.527. The van der Waals surface area contributed by atoms with Gasteiger partial charge in [-0.25, -0.2) is 0 Å². The lowest BCUT2D eigenvalue weighted by Gasteiger charge is -2.33. The van der Waals surface area contributed by atoms with Gasteiger partial charge >= 0.3 is 0 Å². The third-order valence-corrected chi connectivity index (χ3v) is 5.98. The predicted octanol–water partition coefficient (Wildman–Crippen LogP) is 1.89. The molecule has 0 radical (unpaired) electrons. The Morgan fingerprint density at radius 1 is 1.46 bits per heavy atom. The van der Waals surface area contributed by atoms with Crippen LogP contribution in [0.5, 0.6) is 0 Å². The zero-order valence-corrected chi connectivity index (χ0v) is 9.62. The van der Waals surface area contributed by atoms with E-state index >= 15 is 0 Å². The molecule has 0 aromatic rings. The third-order valence-electron chi connectivity index (χ3n) is 4.15. The van der Waals surface area contributed by atoms with Gasteiger partial charge < -0.3 is 0 Å². The number of thioether (sulfide) groups is 1. The van der Waals surface area contributed by atoms with Crippen LogP contribution < -0.4 is 0 Å². The molecule has 0 saturated carbocycles. The highest BCUT2D eigenvalue weighted by Crippen LogP contribution is 2.50. The maximum atomic E-state index is 4.58. The second-order valence-corrected chi connectivity index (χ2v) is 6.14. The molecule has 3 heteroatoms. The van der Waals surface area contributed by atoms with E-state index in [1.807, 2.05) is 0 Å². The summed E-state index contributed by atoms with van der Waals surface area (Å²) in [6, 6.07) is 0.916. The smallest absolute Gasteiger partial charge is 0.0304 e. The van der Waals surface area contributed by atoms with Gasteiger partial charge in [0, 0.05) is 23.1 Å². The molecule has 1 nitrogen and oxygen atoms in total. The Labute approximate surface area is 90.0 Å². The summed E-state index contributed by atoms with van der Waals surface area (Å²) in [7, 11) is 0. The van der Waals surface area contributed by atoms with Gasteiger partial charge in [-0.3, -0.25) is 4.90 Å². The molecular weight excluding hydrogens is 198 g/mol. The minimum absolute atomic E-state index is 0.527. The maximum Gasteiger partial charge on any atom is 0.0304 e. The maximum absolute atomic E-state index is 4.58. The zero-order chi connectivity index (χ0) is 8.89. The van der Waals surface area contributed by atoms with Crippen LogP contribution in [0, 0.1) is 5.92 Å². The molecule has 0 unspecified atom stereocenters. The van der Waals surface area contributed by atoms with Crippen LogP contribution in [-0.4, -0.2) is 40.3 Å². The van der Waals surface area contributed by atoms with E-state index in [0.717, 1.165) is 17.7 Å². The van der Waals surface area contributed by atoms with Gasteiger partial charge in [-0.05, 0) is 37.5 Å². The summed E-state index contributed by atoms with van der Waals surface area (Å²) in [4.78, 5) is 2.80. The van der Waals surface area contributed by atoms with Crippen LogP contribution in [-0.2, 0) is 0 Å². The van der Waals surface area contributed by atoms with E-state index in [1.165, 1.54) is 37.3 Å². The molecule has 3 rings (SSSR count). The van der Waals surface area contributed by atoms with Crippen molar-refractivity contribution in [2.45, 2.75) is 30.8 Å². The van der Waals surface area contributed by atoms with E-state index in [-0.39, 0.29) is 0 Å². The van der Waals surface area contributed by atoms with Crippen LogP contribution in [0.25, 0.3) is 0 Å². The van der Waals surface area contributed by atoms with Gasteiger partial charge in [-0.2, -0.15) is 24.4 Å². The molecule has 3 heterocycles. The molecule has 0 spiro atoms. The van der Waals surface area contributed by atoms with Gasteiger partial charge in [0.05, 0.1) is 0 Å². The molecule has 0 N–H and O–H groups in total. The normalized spacial score (nSPS) is 49.6. The molecule has 0 aromatic carbocycles. The number of hydrogen-bond donors (Lipinski definition) is 1. The fraction of sp³-hybridized carbons (Fsp3) is 1.00. The first kappa shape index (κ1) is 8.93. The van der Waals surface area contributed by atoms with Crippen LogP contribution >= 0.6 is 24.4 Å². The van der Waals surface area contributed by atoms with E-state index in [0.29, 0.717) is 5.54 Å². The van der Waals surface area contributed by atoms with E-state index in [4.69, 9.17) is 0 Å². The number of nitrogens with zero attached hydrogens (tertiary/aromatic N) is 1. The van der Waals surface area contributed by atoms with Crippen LogP contribution in [0.3, 0.4) is 0 Å². The largest absolute Gasteiger partial charge is 0.293 e. The van der Waals surface area contributed by atoms with Gasteiger partial charge in [0.1, 0.15) is 0 Å². The van der Waals surface area contributed by atoms with Crippen molar-refractivity contribution in [3.05, 3.63) is 0 Å². The number of fused-ring (bicyclic) bond motifs is 3. The Morgan fingerprint density at radius 3 is 3.23 bits per heavy atom. The van der Waals surface area contributed by atoms with Crippen LogP contribution in [0.4, 0.5) is 0 Å². The Bertz CT molecular complexity index is 221. The van der Waals surface area contributed by atoms with Crippen molar-refractivity contribution in [3.63, 3.8) is 0 Å². The number of hydrogen-bond acceptors (Lipinski definition) is 3. The Kier molecular flexibility index (Phi) is 2.11. The van der Waals surface area contributed by atoms with Gasteiger partial charge in [0.25, 0.3) is 0 Å². The van der Waals surface area contributed by atoms with E-state index < -0.39 is 0 Å². The highest BCUT2D eigenvalue weighted by Gasteiger charge is 2.54. The summed E-state index contributed by atoms with van der Waals surface area (Å²) in [6.45, 7) is 1.35. The molecule has 0 bridgehead atoms.